The molecule has 2 aromatic carbocycles. The van der Waals surface area contributed by atoms with Crippen LogP contribution in [0.1, 0.15) is 28.9 Å². The lowest BCUT2D eigenvalue weighted by molar-refractivity contribution is 0.101. The minimum atomic E-state index is -1.20. The van der Waals surface area contributed by atoms with Gasteiger partial charge in [-0.05, 0) is 36.8 Å². The number of ether oxygens (including phenoxy) is 1. The number of halogens is 3. The normalized spacial score (nSPS) is 12.0. The second-order valence-electron chi connectivity index (χ2n) is 4.70. The number of Topliss-reactive ketones (excluding diaryl/α,β-unsaturated/α-hetero) is 1. The Morgan fingerprint density at radius 1 is 1.09 bits per heavy atom. The van der Waals surface area contributed by atoms with E-state index in [2.05, 4.69) is 0 Å². The molecule has 116 valence electrons. The van der Waals surface area contributed by atoms with Gasteiger partial charge in [0, 0.05) is 6.07 Å². The number of aliphatic hydroxyl groups is 1. The van der Waals surface area contributed by atoms with Crippen LogP contribution < -0.4 is 4.74 Å². The largest absolute Gasteiger partial charge is 0.490 e. The van der Waals surface area contributed by atoms with Crippen LogP contribution in [0.15, 0.2) is 36.4 Å². The molecule has 6 heteroatoms. The monoisotopic (exact) mass is 310 g/mol. The maximum atomic E-state index is 13.6. The number of carbonyl (C=O) groups excluding carboxylic acids is 1. The molecule has 0 aromatic heterocycles. The molecule has 0 saturated carbocycles. The van der Waals surface area contributed by atoms with Crippen molar-refractivity contribution in [1.29, 1.82) is 0 Å². The molecule has 3 nitrogen and oxygen atoms in total. The van der Waals surface area contributed by atoms with E-state index in [1.54, 1.807) is 0 Å². The first-order valence-corrected chi connectivity index (χ1v) is 6.45. The fourth-order valence-corrected chi connectivity index (χ4v) is 1.86. The van der Waals surface area contributed by atoms with E-state index >= 15 is 0 Å². The summed E-state index contributed by atoms with van der Waals surface area (Å²) in [5.74, 6) is -3.12. The second kappa shape index (κ2) is 6.62. The zero-order chi connectivity index (χ0) is 16.3. The molecule has 0 bridgehead atoms. The number of hydrogen-bond donors (Lipinski definition) is 1. The minimum absolute atomic E-state index is 0.0616. The van der Waals surface area contributed by atoms with Crippen LogP contribution in [0.3, 0.4) is 0 Å². The lowest BCUT2D eigenvalue weighted by Crippen LogP contribution is -2.10. The van der Waals surface area contributed by atoms with E-state index in [-0.39, 0.29) is 23.5 Å². The molecule has 2 aromatic rings. The first-order valence-electron chi connectivity index (χ1n) is 6.45. The van der Waals surface area contributed by atoms with Gasteiger partial charge in [-0.3, -0.25) is 4.79 Å². The molecule has 0 amide bonds. The zero-order valence-electron chi connectivity index (χ0n) is 11.6. The van der Waals surface area contributed by atoms with Gasteiger partial charge in [0.2, 0.25) is 0 Å². The van der Waals surface area contributed by atoms with Crippen molar-refractivity contribution in [3.05, 3.63) is 65.0 Å². The van der Waals surface area contributed by atoms with E-state index in [9.17, 15) is 23.1 Å². The van der Waals surface area contributed by atoms with Gasteiger partial charge >= 0.3 is 0 Å². The van der Waals surface area contributed by atoms with Crippen LogP contribution in [-0.4, -0.2) is 17.5 Å². The summed E-state index contributed by atoms with van der Waals surface area (Å²) >= 11 is 0. The van der Waals surface area contributed by atoms with Gasteiger partial charge in [-0.25, -0.2) is 13.2 Å². The Bertz CT molecular complexity index is 701. The number of aliphatic hydroxyl groups excluding tert-OH is 1. The predicted octanol–water partition coefficient (Wildman–Crippen LogP) is 3.42. The summed E-state index contributed by atoms with van der Waals surface area (Å²) in [6.45, 7) is 0.968. The molecule has 1 atom stereocenters. The Morgan fingerprint density at radius 2 is 1.82 bits per heavy atom. The van der Waals surface area contributed by atoms with Crippen LogP contribution in [0, 0.1) is 17.5 Å². The molecule has 0 aliphatic carbocycles. The van der Waals surface area contributed by atoms with E-state index in [1.807, 2.05) is 0 Å². The molecule has 0 aliphatic rings. The van der Waals surface area contributed by atoms with Gasteiger partial charge in [0.05, 0.1) is 5.56 Å². The highest BCUT2D eigenvalue weighted by molar-refractivity contribution is 5.94. The number of hydrogen-bond acceptors (Lipinski definition) is 3. The van der Waals surface area contributed by atoms with Crippen LogP contribution in [-0.2, 0) is 0 Å². The first-order chi connectivity index (χ1) is 10.4. The lowest BCUT2D eigenvalue weighted by Gasteiger charge is -2.13. The third-order valence-electron chi connectivity index (χ3n) is 3.06. The van der Waals surface area contributed by atoms with Crippen molar-refractivity contribution in [2.45, 2.75) is 13.0 Å². The average Bonchev–Trinajstić information content (AvgIpc) is 2.47. The number of carbonyl (C=O) groups is 1. The molecule has 0 fully saturated rings. The molecular weight excluding hydrogens is 297 g/mol. The van der Waals surface area contributed by atoms with Crippen LogP contribution in [0.4, 0.5) is 13.2 Å². The van der Waals surface area contributed by atoms with Crippen molar-refractivity contribution >= 4 is 5.78 Å². The van der Waals surface area contributed by atoms with Crippen LogP contribution in [0.25, 0.3) is 0 Å². The Hall–Kier alpha value is -2.34. The molecular formula is C16H13F3O3. The predicted molar refractivity (Wildman–Crippen MR) is 73.2 cm³/mol. The molecule has 0 radical (unpaired) electrons. The van der Waals surface area contributed by atoms with Crippen molar-refractivity contribution in [2.24, 2.45) is 0 Å². The van der Waals surface area contributed by atoms with E-state index in [0.717, 1.165) is 18.2 Å². The zero-order valence-corrected chi connectivity index (χ0v) is 11.6. The summed E-state index contributed by atoms with van der Waals surface area (Å²) in [5, 5.41) is 9.85. The SMILES string of the molecule is CC(=O)c1ccc(OCC(O)c2ccc(F)c(F)c2)cc1F. The van der Waals surface area contributed by atoms with Gasteiger partial charge in [-0.2, -0.15) is 0 Å². The highest BCUT2D eigenvalue weighted by Crippen LogP contribution is 2.21. The second-order valence-corrected chi connectivity index (χ2v) is 4.70. The maximum Gasteiger partial charge on any atom is 0.162 e. The topological polar surface area (TPSA) is 46.5 Å². The molecule has 2 rings (SSSR count). The number of rotatable bonds is 5. The molecule has 1 unspecified atom stereocenters. The number of ketones is 1. The quantitative estimate of drug-likeness (QED) is 0.861. The van der Waals surface area contributed by atoms with Gasteiger partial charge in [0.25, 0.3) is 0 Å². The van der Waals surface area contributed by atoms with Gasteiger partial charge in [-0.1, -0.05) is 6.07 Å². The fraction of sp³-hybridized carbons (Fsp3) is 0.188. The van der Waals surface area contributed by atoms with Crippen LogP contribution in [0.5, 0.6) is 5.75 Å². The van der Waals surface area contributed by atoms with Gasteiger partial charge < -0.3 is 9.84 Å². The highest BCUT2D eigenvalue weighted by atomic mass is 19.2. The minimum Gasteiger partial charge on any atom is -0.490 e. The van der Waals surface area contributed by atoms with Crippen molar-refractivity contribution < 1.29 is 27.8 Å². The Labute approximate surface area is 125 Å². The Balaban J connectivity index is 2.04. The lowest BCUT2D eigenvalue weighted by atomic mass is 10.1. The van der Waals surface area contributed by atoms with Gasteiger partial charge in [0.1, 0.15) is 24.3 Å². The van der Waals surface area contributed by atoms with E-state index in [0.29, 0.717) is 0 Å². The maximum absolute atomic E-state index is 13.6. The van der Waals surface area contributed by atoms with Crippen molar-refractivity contribution in [2.75, 3.05) is 6.61 Å². The Morgan fingerprint density at radius 3 is 2.41 bits per heavy atom. The van der Waals surface area contributed by atoms with Crippen molar-refractivity contribution in [1.82, 2.24) is 0 Å². The highest BCUT2D eigenvalue weighted by Gasteiger charge is 2.13. The summed E-state index contributed by atoms with van der Waals surface area (Å²) in [5.41, 5.74) is 0.0771. The smallest absolute Gasteiger partial charge is 0.162 e. The summed E-state index contributed by atoms with van der Waals surface area (Å²) in [7, 11) is 0. The summed E-state index contributed by atoms with van der Waals surface area (Å²) < 4.78 is 44.7. The van der Waals surface area contributed by atoms with E-state index in [1.165, 1.54) is 25.1 Å². The van der Waals surface area contributed by atoms with E-state index in [4.69, 9.17) is 4.74 Å². The average molecular weight is 310 g/mol. The fourth-order valence-electron chi connectivity index (χ4n) is 1.86. The van der Waals surface area contributed by atoms with Crippen molar-refractivity contribution in [3.8, 4) is 5.75 Å². The first kappa shape index (κ1) is 16.0. The van der Waals surface area contributed by atoms with Crippen LogP contribution >= 0.6 is 0 Å². The third-order valence-corrected chi connectivity index (χ3v) is 3.06. The van der Waals surface area contributed by atoms with Crippen LogP contribution in [0.2, 0.25) is 0 Å². The summed E-state index contributed by atoms with van der Waals surface area (Å²) in [6.07, 6.45) is -1.20. The van der Waals surface area contributed by atoms with Gasteiger partial charge in [-0.15, -0.1) is 0 Å². The molecule has 0 aliphatic heterocycles. The molecule has 0 saturated heterocycles. The Kier molecular flexibility index (Phi) is 4.82. The standard InChI is InChI=1S/C16H13F3O3/c1-9(20)12-4-3-11(7-14(12)18)22-8-16(21)10-2-5-13(17)15(19)6-10/h2-7,16,21H,8H2,1H3. The molecule has 1 N–H and O–H groups in total. The van der Waals surface area contributed by atoms with Gasteiger partial charge in [0.15, 0.2) is 17.4 Å². The molecule has 0 spiro atoms. The summed E-state index contributed by atoms with van der Waals surface area (Å²) in [6, 6.07) is 6.67. The molecule has 0 heterocycles. The van der Waals surface area contributed by atoms with Crippen molar-refractivity contribution in [3.63, 3.8) is 0 Å². The van der Waals surface area contributed by atoms with E-state index < -0.39 is 29.3 Å². The number of benzene rings is 2. The molecule has 22 heavy (non-hydrogen) atoms. The third kappa shape index (κ3) is 3.65. The summed E-state index contributed by atoms with van der Waals surface area (Å²) in [4.78, 5) is 11.1.